The molecule has 18 rings (SSSR count). The van der Waals surface area contributed by atoms with Crippen LogP contribution in [-0.2, 0) is 64.2 Å². The lowest BCUT2D eigenvalue weighted by Gasteiger charge is -2.29. The Morgan fingerprint density at radius 1 is 0.433 bits per heavy atom. The Labute approximate surface area is 688 Å². The molecule has 4 aliphatic rings. The minimum atomic E-state index is -0.873. The van der Waals surface area contributed by atoms with Crippen LogP contribution in [-0.4, -0.2) is 160 Å². The number of H-pyrrole nitrogens is 1. The molecule has 0 bridgehead atoms. The minimum absolute atomic E-state index is 0.0854. The molecule has 1 N–H and O–H groups in total. The zero-order chi connectivity index (χ0) is 84.8. The van der Waals surface area contributed by atoms with Gasteiger partial charge >= 0.3 is 0 Å². The van der Waals surface area contributed by atoms with E-state index in [1.54, 1.807) is 57.7 Å². The number of pyridine rings is 1. The predicted molar refractivity (Wildman–Crippen MR) is 435 cm³/mol. The number of nitrogens with zero attached hydrogens (tertiary/aromatic N) is 15. The SMILES string of the molecule is COc1nc2[nH]cc(C(=O)C(=O)N(C)C)c2cc1C(=O)N1CCn2c(cnc2-c2ccc(F)cc2C)C1.Cc1cc(F)ccc1-c1ncc2n1CCN(C(=O)c1cc3ccn(C)c3cc1Cl)C2.Cc1cc(F)ccc1-c1ncc2n1CCN(C(=O)c1ccc(F)cc1F)C2.Cc1ccccc1-c1ncc2n1CCN(C(=O)c1ccc(F)cc1F)C2. The Morgan fingerprint density at radius 3 is 1.21 bits per heavy atom. The fraction of sp³-hybridized carbons (Fsp3) is 0.225. The number of methoxy groups -OCH3 is 1. The van der Waals surface area contributed by atoms with Crippen molar-refractivity contribution in [2.75, 3.05) is 47.4 Å². The van der Waals surface area contributed by atoms with E-state index in [2.05, 4.69) is 39.0 Å². The van der Waals surface area contributed by atoms with Crippen LogP contribution in [0.1, 0.15) is 96.8 Å². The Hall–Kier alpha value is -13.8. The van der Waals surface area contributed by atoms with Gasteiger partial charge in [0.25, 0.3) is 35.3 Å². The van der Waals surface area contributed by atoms with E-state index in [0.29, 0.717) is 106 Å². The number of benzene rings is 7. The number of imidazole rings is 4. The number of hydrogen-bond acceptors (Lipinski definition) is 12. The van der Waals surface area contributed by atoms with E-state index in [0.717, 1.165) is 120 Å². The van der Waals surface area contributed by atoms with Gasteiger partial charge in [0.1, 0.15) is 75.2 Å². The second-order valence-electron chi connectivity index (χ2n) is 29.7. The number of amides is 5. The minimum Gasteiger partial charge on any atom is -0.480 e. The largest absolute Gasteiger partial charge is 0.480 e. The van der Waals surface area contributed by atoms with Crippen molar-refractivity contribution in [3.05, 3.63) is 295 Å². The molecule has 120 heavy (non-hydrogen) atoms. The molecule has 0 radical (unpaired) electrons. The number of hydrogen-bond donors (Lipinski definition) is 1. The van der Waals surface area contributed by atoms with Crippen LogP contribution < -0.4 is 4.74 Å². The average Bonchev–Trinajstić information content (AvgIpc) is 1.48. The number of aromatic nitrogens is 11. The number of fused-ring (bicyclic) bond motifs is 6. The molecule has 0 aliphatic carbocycles. The van der Waals surface area contributed by atoms with Gasteiger partial charge in [-0.3, -0.25) is 28.8 Å². The molecular weight excluding hydrogens is 1570 g/mol. The number of rotatable bonds is 11. The number of aromatic amines is 1. The van der Waals surface area contributed by atoms with Crippen LogP contribution in [0.5, 0.6) is 5.88 Å². The van der Waals surface area contributed by atoms with Gasteiger partial charge < -0.3 is 57.1 Å². The van der Waals surface area contributed by atoms with Gasteiger partial charge in [-0.15, -0.1) is 0 Å². The summed E-state index contributed by atoms with van der Waals surface area (Å²) in [6.07, 6.45) is 10.3. The first-order chi connectivity index (χ1) is 57.6. The standard InChI is InChI=1S/C26H25FN6O4.C23H20ClFN4O.C20H16F3N3O.C20H17F2N3O/c1-14-9-15(27)5-6-17(14)23-29-11-16-13-32(7-8-33(16)23)25(35)19-10-18-20(21(34)26(36)31(2)3)12-28-22(18)30-24(19)37-4;1-14-9-16(25)3-4-18(14)22-26-12-17-13-28(7-8-29(17)22)23(30)19-10-15-5-6-27(2)21(15)11-20(19)24;1-12-8-13(21)2-4-16(12)19-24-10-15-11-25(6-7-26(15)19)20(27)17-5-3-14(22)9-18(17)23;1-13-4-2-3-5-16(13)19-23-11-15-12-24(8-9-25(15)19)20(26)17-7-6-14(21)10-18(17)22/h5-6,9-12H,7-8,13H2,1-4H3,(H,28,30);3-6,9-12H,7-8,13H2,1-2H3;2-5,8-10H,6-7,11H2,1H3;2-7,10-11H,8-9,12H2,1H3. The first kappa shape index (κ1) is 81.4. The van der Waals surface area contributed by atoms with E-state index in [4.69, 9.17) is 16.3 Å². The van der Waals surface area contributed by atoms with E-state index >= 15 is 0 Å². The summed E-state index contributed by atoms with van der Waals surface area (Å²) in [7, 11) is 6.36. The molecule has 0 saturated heterocycles. The fourth-order valence-corrected chi connectivity index (χ4v) is 15.7. The molecule has 14 aromatic rings. The van der Waals surface area contributed by atoms with Crippen LogP contribution in [0.25, 0.3) is 67.5 Å². The molecular formula is C89H78ClF7N16O7. The molecule has 23 nitrogen and oxygen atoms in total. The van der Waals surface area contributed by atoms with Crippen molar-refractivity contribution in [3.8, 4) is 51.4 Å². The van der Waals surface area contributed by atoms with Gasteiger partial charge in [-0.05, 0) is 153 Å². The van der Waals surface area contributed by atoms with Crippen molar-refractivity contribution in [1.29, 1.82) is 0 Å². The molecule has 7 aromatic carbocycles. The predicted octanol–water partition coefficient (Wildman–Crippen LogP) is 15.3. The lowest BCUT2D eigenvalue weighted by Crippen LogP contribution is -2.38. The number of nitrogens with one attached hydrogen (secondary N) is 1. The highest BCUT2D eigenvalue weighted by Crippen LogP contribution is 2.36. The third kappa shape index (κ3) is 16.2. The zero-order valence-electron chi connectivity index (χ0n) is 66.3. The molecule has 31 heteroatoms. The monoisotopic (exact) mass is 1650 g/mol. The summed E-state index contributed by atoms with van der Waals surface area (Å²) in [5.74, 6) is -3.49. The third-order valence-corrected chi connectivity index (χ3v) is 22.1. The molecule has 5 amide bonds. The number of aryl methyl sites for hydroxylation is 5. The second-order valence-corrected chi connectivity index (χ2v) is 30.1. The van der Waals surface area contributed by atoms with E-state index in [-0.39, 0.29) is 63.9 Å². The molecule has 11 heterocycles. The number of halogens is 8. The second kappa shape index (κ2) is 33.7. The topological polar surface area (TPSA) is 233 Å². The highest BCUT2D eigenvalue weighted by molar-refractivity contribution is 6.44. The Balaban J connectivity index is 0.000000126. The summed E-state index contributed by atoms with van der Waals surface area (Å²) in [5.41, 5.74) is 12.5. The molecule has 612 valence electrons. The first-order valence-corrected chi connectivity index (χ1v) is 38.6. The van der Waals surface area contributed by atoms with Crippen molar-refractivity contribution in [2.24, 2.45) is 7.05 Å². The van der Waals surface area contributed by atoms with E-state index in [1.807, 2.05) is 97.1 Å². The van der Waals surface area contributed by atoms with Crippen LogP contribution in [0.4, 0.5) is 30.7 Å². The van der Waals surface area contributed by atoms with Crippen molar-refractivity contribution in [2.45, 2.75) is 80.1 Å². The van der Waals surface area contributed by atoms with Gasteiger partial charge in [0.2, 0.25) is 5.88 Å². The smallest absolute Gasteiger partial charge is 0.294 e. The molecule has 7 aromatic heterocycles. The third-order valence-electron chi connectivity index (χ3n) is 21.8. The van der Waals surface area contributed by atoms with E-state index < -0.39 is 46.8 Å². The van der Waals surface area contributed by atoms with Gasteiger partial charge in [0, 0.05) is 137 Å². The van der Waals surface area contributed by atoms with Gasteiger partial charge in [0.05, 0.1) is 108 Å². The quantitative estimate of drug-likeness (QED) is 0.0724. The molecule has 4 aliphatic heterocycles. The highest BCUT2D eigenvalue weighted by atomic mass is 35.5. The lowest BCUT2D eigenvalue weighted by molar-refractivity contribution is -0.124. The highest BCUT2D eigenvalue weighted by Gasteiger charge is 2.34. The summed E-state index contributed by atoms with van der Waals surface area (Å²) < 4.78 is 110. The normalized spacial score (nSPS) is 13.4. The summed E-state index contributed by atoms with van der Waals surface area (Å²) in [6.45, 7) is 12.9. The van der Waals surface area contributed by atoms with Crippen LogP contribution in [0.3, 0.4) is 0 Å². The van der Waals surface area contributed by atoms with Crippen LogP contribution >= 0.6 is 11.6 Å². The van der Waals surface area contributed by atoms with Crippen LogP contribution in [0.2, 0.25) is 5.02 Å². The van der Waals surface area contributed by atoms with E-state index in [1.165, 1.54) is 85.7 Å². The summed E-state index contributed by atoms with van der Waals surface area (Å²) in [6, 6.07) is 35.0. The molecule has 0 atom stereocenters. The van der Waals surface area contributed by atoms with Gasteiger partial charge in [0.15, 0.2) is 0 Å². The van der Waals surface area contributed by atoms with Crippen molar-refractivity contribution in [3.63, 3.8) is 0 Å². The van der Waals surface area contributed by atoms with Crippen molar-refractivity contribution < 1.29 is 64.2 Å². The summed E-state index contributed by atoms with van der Waals surface area (Å²) >= 11 is 6.45. The number of ether oxygens (including phenoxy) is 1. The number of carbonyl (C=O) groups is 6. The lowest BCUT2D eigenvalue weighted by atomic mass is 10.1. The van der Waals surface area contributed by atoms with Crippen LogP contribution in [0, 0.1) is 68.4 Å². The van der Waals surface area contributed by atoms with Gasteiger partial charge in [-0.25, -0.2) is 50.7 Å². The van der Waals surface area contributed by atoms with Crippen molar-refractivity contribution >= 4 is 68.9 Å². The fourth-order valence-electron chi connectivity index (χ4n) is 15.4. The van der Waals surface area contributed by atoms with Crippen molar-refractivity contribution in [1.82, 2.24) is 77.2 Å². The summed E-state index contributed by atoms with van der Waals surface area (Å²) in [4.78, 5) is 110. The average molecular weight is 1650 g/mol. The molecule has 0 fully saturated rings. The number of ketones is 1. The van der Waals surface area contributed by atoms with Gasteiger partial charge in [-0.2, -0.15) is 4.98 Å². The zero-order valence-corrected chi connectivity index (χ0v) is 67.1. The summed E-state index contributed by atoms with van der Waals surface area (Å²) in [5, 5.41) is 1.80. The Morgan fingerprint density at radius 2 is 0.817 bits per heavy atom. The van der Waals surface area contributed by atoms with Crippen LogP contribution in [0.15, 0.2) is 177 Å². The maximum absolute atomic E-state index is 13.9. The number of Topliss-reactive ketones (excluding diaryl/α,β-unsaturated/α-hetero) is 1. The van der Waals surface area contributed by atoms with E-state index in [9.17, 15) is 59.5 Å². The molecule has 0 spiro atoms. The first-order valence-electron chi connectivity index (χ1n) is 38.3. The Kier molecular flexibility index (Phi) is 22.8. The Bertz CT molecular complexity index is 6440. The van der Waals surface area contributed by atoms with Gasteiger partial charge in [-0.1, -0.05) is 35.9 Å². The molecule has 0 unspecified atom stereocenters. The molecule has 0 saturated carbocycles. The maximum atomic E-state index is 13.9. The number of likely N-dealkylation sites (N-methyl/N-ethyl adjacent to an activating group) is 1. The maximum Gasteiger partial charge on any atom is 0.294 e. The number of carbonyl (C=O) groups excluding carboxylic acids is 6.